The molecule has 1 amide bonds. The number of likely N-dealkylation sites (N-methyl/N-ethyl adjacent to an activating group) is 1. The molecule has 0 saturated carbocycles. The SMILES string of the molecule is CC(C)N(C)C(=O)C(C)N1CCCC1C1COCCC1(C)O. The minimum atomic E-state index is -0.696. The molecule has 0 aliphatic carbocycles. The van der Waals surface area contributed by atoms with Crippen molar-refractivity contribution < 1.29 is 14.6 Å². The van der Waals surface area contributed by atoms with Gasteiger partial charge in [0.15, 0.2) is 0 Å². The van der Waals surface area contributed by atoms with Crippen LogP contribution in [0.2, 0.25) is 0 Å². The number of carbonyl (C=O) groups excluding carboxylic acids is 1. The van der Waals surface area contributed by atoms with E-state index in [1.54, 1.807) is 0 Å². The molecule has 0 radical (unpaired) electrons. The van der Waals surface area contributed by atoms with E-state index in [9.17, 15) is 9.90 Å². The van der Waals surface area contributed by atoms with E-state index >= 15 is 0 Å². The quantitative estimate of drug-likeness (QED) is 0.854. The molecule has 5 nitrogen and oxygen atoms in total. The first kappa shape index (κ1) is 17.7. The number of amides is 1. The lowest BCUT2D eigenvalue weighted by atomic mass is 9.79. The second-order valence-corrected chi connectivity index (χ2v) is 7.45. The Balaban J connectivity index is 2.11. The van der Waals surface area contributed by atoms with Crippen LogP contribution in [0.3, 0.4) is 0 Å². The van der Waals surface area contributed by atoms with Gasteiger partial charge in [0.05, 0.1) is 18.2 Å². The molecular weight excluding hydrogens is 280 g/mol. The van der Waals surface area contributed by atoms with Gasteiger partial charge in [-0.2, -0.15) is 0 Å². The molecule has 2 aliphatic heterocycles. The summed E-state index contributed by atoms with van der Waals surface area (Å²) in [4.78, 5) is 16.8. The fourth-order valence-corrected chi connectivity index (χ4v) is 3.80. The molecule has 0 spiro atoms. The Morgan fingerprint density at radius 3 is 2.68 bits per heavy atom. The molecule has 2 rings (SSSR count). The Labute approximate surface area is 134 Å². The van der Waals surface area contributed by atoms with Gasteiger partial charge in [-0.3, -0.25) is 9.69 Å². The summed E-state index contributed by atoms with van der Waals surface area (Å²) in [5, 5.41) is 10.7. The maximum Gasteiger partial charge on any atom is 0.239 e. The minimum Gasteiger partial charge on any atom is -0.390 e. The molecule has 0 aromatic carbocycles. The molecular formula is C17H32N2O3. The van der Waals surface area contributed by atoms with E-state index in [2.05, 4.69) is 4.90 Å². The van der Waals surface area contributed by atoms with Crippen molar-refractivity contribution in [1.82, 2.24) is 9.80 Å². The molecule has 4 atom stereocenters. The lowest BCUT2D eigenvalue weighted by Crippen LogP contribution is -2.57. The van der Waals surface area contributed by atoms with Gasteiger partial charge in [-0.15, -0.1) is 0 Å². The van der Waals surface area contributed by atoms with Crippen molar-refractivity contribution in [2.75, 3.05) is 26.8 Å². The fourth-order valence-electron chi connectivity index (χ4n) is 3.80. The highest BCUT2D eigenvalue weighted by atomic mass is 16.5. The van der Waals surface area contributed by atoms with Crippen molar-refractivity contribution in [1.29, 1.82) is 0 Å². The molecule has 0 bridgehead atoms. The van der Waals surface area contributed by atoms with E-state index in [1.165, 1.54) is 0 Å². The van der Waals surface area contributed by atoms with Gasteiger partial charge in [-0.1, -0.05) is 0 Å². The van der Waals surface area contributed by atoms with Crippen LogP contribution < -0.4 is 0 Å². The lowest BCUT2D eigenvalue weighted by Gasteiger charge is -2.44. The van der Waals surface area contributed by atoms with E-state index in [-0.39, 0.29) is 30.0 Å². The zero-order valence-corrected chi connectivity index (χ0v) is 14.7. The minimum absolute atomic E-state index is 0.0864. The number of nitrogens with zero attached hydrogens (tertiary/aromatic N) is 2. The number of ether oxygens (including phenoxy) is 1. The van der Waals surface area contributed by atoms with Crippen LogP contribution in [0.15, 0.2) is 0 Å². The molecule has 128 valence electrons. The molecule has 0 aromatic rings. The van der Waals surface area contributed by atoms with Gasteiger partial charge in [0.2, 0.25) is 5.91 Å². The summed E-state index contributed by atoms with van der Waals surface area (Å²) in [7, 11) is 1.87. The lowest BCUT2D eigenvalue weighted by molar-refractivity contribution is -0.144. The van der Waals surface area contributed by atoms with Gasteiger partial charge in [-0.05, 0) is 53.5 Å². The summed E-state index contributed by atoms with van der Waals surface area (Å²) in [6, 6.07) is 0.296. The zero-order valence-electron chi connectivity index (χ0n) is 14.7. The van der Waals surface area contributed by atoms with Gasteiger partial charge < -0.3 is 14.7 Å². The van der Waals surface area contributed by atoms with Gasteiger partial charge in [0.25, 0.3) is 0 Å². The maximum atomic E-state index is 12.7. The monoisotopic (exact) mass is 312 g/mol. The van der Waals surface area contributed by atoms with Crippen LogP contribution in [0.5, 0.6) is 0 Å². The fraction of sp³-hybridized carbons (Fsp3) is 0.941. The van der Waals surface area contributed by atoms with Gasteiger partial charge in [0.1, 0.15) is 0 Å². The van der Waals surface area contributed by atoms with Crippen LogP contribution in [0.1, 0.15) is 47.0 Å². The second kappa shape index (κ2) is 6.85. The smallest absolute Gasteiger partial charge is 0.239 e. The molecule has 2 aliphatic rings. The van der Waals surface area contributed by atoms with E-state index in [4.69, 9.17) is 4.74 Å². The van der Waals surface area contributed by atoms with Gasteiger partial charge in [-0.25, -0.2) is 0 Å². The topological polar surface area (TPSA) is 53.0 Å². The van der Waals surface area contributed by atoms with Crippen LogP contribution in [-0.4, -0.2) is 71.3 Å². The largest absolute Gasteiger partial charge is 0.390 e. The van der Waals surface area contributed by atoms with E-state index in [1.807, 2.05) is 39.6 Å². The normalized spacial score (nSPS) is 34.9. The average Bonchev–Trinajstić information content (AvgIpc) is 2.93. The number of rotatable bonds is 4. The molecule has 2 saturated heterocycles. The number of carbonyl (C=O) groups is 1. The van der Waals surface area contributed by atoms with E-state index < -0.39 is 5.60 Å². The number of likely N-dealkylation sites (tertiary alicyclic amines) is 1. The second-order valence-electron chi connectivity index (χ2n) is 7.45. The van der Waals surface area contributed by atoms with Crippen molar-refractivity contribution in [2.24, 2.45) is 5.92 Å². The van der Waals surface area contributed by atoms with Crippen molar-refractivity contribution in [3.63, 3.8) is 0 Å². The molecule has 0 aromatic heterocycles. The number of aliphatic hydroxyl groups is 1. The summed E-state index contributed by atoms with van der Waals surface area (Å²) < 4.78 is 5.62. The first-order valence-electron chi connectivity index (χ1n) is 8.58. The Morgan fingerprint density at radius 1 is 1.41 bits per heavy atom. The average molecular weight is 312 g/mol. The van der Waals surface area contributed by atoms with Crippen molar-refractivity contribution in [3.05, 3.63) is 0 Å². The Kier molecular flexibility index (Phi) is 5.51. The summed E-state index contributed by atoms with van der Waals surface area (Å²) in [5.74, 6) is 0.252. The Morgan fingerprint density at radius 2 is 2.09 bits per heavy atom. The third kappa shape index (κ3) is 3.47. The highest BCUT2D eigenvalue weighted by molar-refractivity contribution is 5.81. The molecule has 22 heavy (non-hydrogen) atoms. The molecule has 4 unspecified atom stereocenters. The van der Waals surface area contributed by atoms with Crippen LogP contribution >= 0.6 is 0 Å². The number of hydrogen-bond donors (Lipinski definition) is 1. The molecule has 5 heteroatoms. The van der Waals surface area contributed by atoms with Crippen LogP contribution in [0.25, 0.3) is 0 Å². The summed E-state index contributed by atoms with van der Waals surface area (Å²) >= 11 is 0. The molecule has 2 fully saturated rings. The maximum absolute atomic E-state index is 12.7. The van der Waals surface area contributed by atoms with Crippen molar-refractivity contribution >= 4 is 5.91 Å². The van der Waals surface area contributed by atoms with Gasteiger partial charge in [0, 0.05) is 31.7 Å². The van der Waals surface area contributed by atoms with Crippen LogP contribution in [-0.2, 0) is 9.53 Å². The zero-order chi connectivity index (χ0) is 16.5. The standard InChI is InChI=1S/C17H32N2O3/c1-12(2)18(5)16(20)13(3)19-9-6-7-15(19)14-11-22-10-8-17(14,4)21/h12-15,21H,6-11H2,1-5H3. The molecule has 2 heterocycles. The Bertz CT molecular complexity index is 397. The van der Waals surface area contributed by atoms with Crippen LogP contribution in [0, 0.1) is 5.92 Å². The van der Waals surface area contributed by atoms with Crippen LogP contribution in [0.4, 0.5) is 0 Å². The number of hydrogen-bond acceptors (Lipinski definition) is 4. The van der Waals surface area contributed by atoms with Crippen molar-refractivity contribution in [2.45, 2.75) is 70.7 Å². The highest BCUT2D eigenvalue weighted by Crippen LogP contribution is 2.36. The highest BCUT2D eigenvalue weighted by Gasteiger charge is 2.46. The van der Waals surface area contributed by atoms with E-state index in [0.29, 0.717) is 19.6 Å². The summed E-state index contributed by atoms with van der Waals surface area (Å²) in [6.07, 6.45) is 2.80. The summed E-state index contributed by atoms with van der Waals surface area (Å²) in [6.45, 7) is 10.1. The first-order chi connectivity index (χ1) is 10.3. The summed E-state index contributed by atoms with van der Waals surface area (Å²) in [5.41, 5.74) is -0.696. The van der Waals surface area contributed by atoms with Crippen molar-refractivity contribution in [3.8, 4) is 0 Å². The van der Waals surface area contributed by atoms with E-state index in [0.717, 1.165) is 19.4 Å². The van der Waals surface area contributed by atoms with Gasteiger partial charge >= 0.3 is 0 Å². The third-order valence-corrected chi connectivity index (χ3v) is 5.63. The molecule has 1 N–H and O–H groups in total. The Hall–Kier alpha value is -0.650. The predicted octanol–water partition coefficient (Wildman–Crippen LogP) is 1.49. The first-order valence-corrected chi connectivity index (χ1v) is 8.58. The third-order valence-electron chi connectivity index (χ3n) is 5.63. The predicted molar refractivity (Wildman–Crippen MR) is 86.6 cm³/mol.